The number of imidazole rings is 1. The zero-order valence-electron chi connectivity index (χ0n) is 19.3. The number of nitrogens with one attached hydrogen (secondary N) is 2. The Bertz CT molecular complexity index is 1580. The minimum Gasteiger partial charge on any atom is -0.454 e. The molecule has 0 unspecified atom stereocenters. The van der Waals surface area contributed by atoms with Crippen LogP contribution in [0.1, 0.15) is 22.0 Å². The Morgan fingerprint density at radius 1 is 1.03 bits per heavy atom. The molecule has 0 radical (unpaired) electrons. The summed E-state index contributed by atoms with van der Waals surface area (Å²) in [4.78, 5) is 25.9. The third-order valence-corrected chi connectivity index (χ3v) is 6.14. The molecule has 8 heteroatoms. The number of aromatic nitrogens is 4. The molecule has 4 heterocycles. The summed E-state index contributed by atoms with van der Waals surface area (Å²) in [6.45, 7) is 2.39. The molecular formula is C27H23N5O3. The highest BCUT2D eigenvalue weighted by Gasteiger charge is 2.20. The van der Waals surface area contributed by atoms with Crippen LogP contribution in [0.25, 0.3) is 33.5 Å². The molecule has 1 aliphatic heterocycles. The van der Waals surface area contributed by atoms with Crippen LogP contribution < -0.4 is 14.8 Å². The van der Waals surface area contributed by atoms with E-state index in [0.29, 0.717) is 23.0 Å². The predicted octanol–water partition coefficient (Wildman–Crippen LogP) is 4.60. The molecule has 174 valence electrons. The van der Waals surface area contributed by atoms with Crippen LogP contribution in [-0.2, 0) is 13.6 Å². The maximum Gasteiger partial charge on any atom is 0.268 e. The maximum absolute atomic E-state index is 13.0. The van der Waals surface area contributed by atoms with Crippen LogP contribution in [-0.4, -0.2) is 32.2 Å². The Hall–Kier alpha value is -4.59. The Balaban J connectivity index is 1.33. The number of carbonyl (C=O) groups is 1. The van der Waals surface area contributed by atoms with Crippen LogP contribution in [0.3, 0.4) is 0 Å². The van der Waals surface area contributed by atoms with E-state index in [-0.39, 0.29) is 19.2 Å². The summed E-state index contributed by atoms with van der Waals surface area (Å²) >= 11 is 0. The highest BCUT2D eigenvalue weighted by molar-refractivity contribution is 5.98. The van der Waals surface area contributed by atoms with E-state index >= 15 is 0 Å². The number of nitrogens with zero attached hydrogens (tertiary/aromatic N) is 3. The third-order valence-electron chi connectivity index (χ3n) is 6.14. The van der Waals surface area contributed by atoms with E-state index < -0.39 is 0 Å². The fraction of sp³-hybridized carbons (Fsp3) is 0.148. The molecular weight excluding hydrogens is 442 g/mol. The van der Waals surface area contributed by atoms with Crippen molar-refractivity contribution >= 4 is 16.8 Å². The van der Waals surface area contributed by atoms with Crippen molar-refractivity contribution in [3.05, 3.63) is 83.9 Å². The van der Waals surface area contributed by atoms with Gasteiger partial charge in [0, 0.05) is 29.2 Å². The van der Waals surface area contributed by atoms with Crippen LogP contribution in [0.4, 0.5) is 0 Å². The molecule has 2 N–H and O–H groups in total. The van der Waals surface area contributed by atoms with Gasteiger partial charge in [-0.15, -0.1) is 0 Å². The van der Waals surface area contributed by atoms with Gasteiger partial charge in [-0.25, -0.2) is 4.98 Å². The van der Waals surface area contributed by atoms with Crippen molar-refractivity contribution in [3.8, 4) is 34.1 Å². The number of hydrogen-bond donors (Lipinski definition) is 2. The zero-order chi connectivity index (χ0) is 23.9. The Morgan fingerprint density at radius 3 is 2.74 bits per heavy atom. The Labute approximate surface area is 201 Å². The monoisotopic (exact) mass is 465 g/mol. The quantitative estimate of drug-likeness (QED) is 0.396. The minimum absolute atomic E-state index is 0.167. The van der Waals surface area contributed by atoms with E-state index in [1.54, 1.807) is 0 Å². The first-order valence-electron chi connectivity index (χ1n) is 11.3. The SMILES string of the molecule is Cc1cccc(-c2[nH]c(CNC(=O)c3cc4ccccc4n3C)nc2-c2ccc3c(c2)OCO3)n1. The van der Waals surface area contributed by atoms with Gasteiger partial charge in [-0.3, -0.25) is 9.78 Å². The fourth-order valence-electron chi connectivity index (χ4n) is 4.39. The van der Waals surface area contributed by atoms with Gasteiger partial charge >= 0.3 is 0 Å². The van der Waals surface area contributed by atoms with Crippen molar-refractivity contribution in [1.29, 1.82) is 0 Å². The fourth-order valence-corrected chi connectivity index (χ4v) is 4.39. The molecule has 8 nitrogen and oxygen atoms in total. The Kier molecular flexibility index (Phi) is 4.99. The average Bonchev–Trinajstić information content (AvgIpc) is 3.59. The molecule has 0 fully saturated rings. The summed E-state index contributed by atoms with van der Waals surface area (Å²) in [6, 6.07) is 21.4. The maximum atomic E-state index is 13.0. The largest absolute Gasteiger partial charge is 0.454 e. The van der Waals surface area contributed by atoms with Gasteiger partial charge in [-0.1, -0.05) is 24.3 Å². The van der Waals surface area contributed by atoms with Crippen LogP contribution >= 0.6 is 0 Å². The van der Waals surface area contributed by atoms with Crippen molar-refractivity contribution in [2.45, 2.75) is 13.5 Å². The summed E-state index contributed by atoms with van der Waals surface area (Å²) in [5.74, 6) is 1.85. The van der Waals surface area contributed by atoms with E-state index in [4.69, 9.17) is 14.5 Å². The molecule has 3 aromatic heterocycles. The number of rotatable bonds is 5. The molecule has 6 rings (SSSR count). The highest BCUT2D eigenvalue weighted by Crippen LogP contribution is 2.38. The van der Waals surface area contributed by atoms with Crippen molar-refractivity contribution < 1.29 is 14.3 Å². The van der Waals surface area contributed by atoms with Gasteiger partial charge in [-0.2, -0.15) is 0 Å². The average molecular weight is 466 g/mol. The normalized spacial score (nSPS) is 12.3. The molecule has 1 amide bonds. The van der Waals surface area contributed by atoms with Gasteiger partial charge in [0.05, 0.1) is 23.6 Å². The van der Waals surface area contributed by atoms with Gasteiger partial charge in [-0.05, 0) is 49.4 Å². The van der Waals surface area contributed by atoms with E-state index in [1.807, 2.05) is 85.3 Å². The van der Waals surface area contributed by atoms with Gasteiger partial charge in [0.25, 0.3) is 5.91 Å². The summed E-state index contributed by atoms with van der Waals surface area (Å²) in [5.41, 5.74) is 5.66. The number of aromatic amines is 1. The smallest absolute Gasteiger partial charge is 0.268 e. The van der Waals surface area contributed by atoms with Gasteiger partial charge in [0.2, 0.25) is 6.79 Å². The molecule has 35 heavy (non-hydrogen) atoms. The molecule has 0 bridgehead atoms. The van der Waals surface area contributed by atoms with E-state index in [0.717, 1.165) is 39.2 Å². The molecule has 0 saturated heterocycles. The van der Waals surface area contributed by atoms with Gasteiger partial charge < -0.3 is 24.3 Å². The number of fused-ring (bicyclic) bond motifs is 2. The second-order valence-electron chi connectivity index (χ2n) is 8.47. The summed E-state index contributed by atoms with van der Waals surface area (Å²) < 4.78 is 12.9. The summed E-state index contributed by atoms with van der Waals surface area (Å²) in [7, 11) is 1.89. The lowest BCUT2D eigenvalue weighted by molar-refractivity contribution is 0.0942. The third kappa shape index (κ3) is 3.78. The number of aryl methyl sites for hydroxylation is 2. The van der Waals surface area contributed by atoms with Crippen LogP contribution in [0.5, 0.6) is 11.5 Å². The van der Waals surface area contributed by atoms with Crippen LogP contribution in [0, 0.1) is 6.92 Å². The topological polar surface area (TPSA) is 94.1 Å². The first-order valence-corrected chi connectivity index (χ1v) is 11.3. The lowest BCUT2D eigenvalue weighted by atomic mass is 10.1. The van der Waals surface area contributed by atoms with Crippen LogP contribution in [0.2, 0.25) is 0 Å². The van der Waals surface area contributed by atoms with Crippen molar-refractivity contribution in [3.63, 3.8) is 0 Å². The van der Waals surface area contributed by atoms with E-state index in [9.17, 15) is 4.79 Å². The second kappa shape index (κ2) is 8.32. The molecule has 0 spiro atoms. The van der Waals surface area contributed by atoms with Crippen molar-refractivity contribution in [1.82, 2.24) is 24.8 Å². The second-order valence-corrected chi connectivity index (χ2v) is 8.47. The number of hydrogen-bond acceptors (Lipinski definition) is 5. The predicted molar refractivity (Wildman–Crippen MR) is 132 cm³/mol. The molecule has 5 aromatic rings. The van der Waals surface area contributed by atoms with Crippen molar-refractivity contribution in [2.75, 3.05) is 6.79 Å². The molecule has 0 aliphatic carbocycles. The lowest BCUT2D eigenvalue weighted by Crippen LogP contribution is -2.25. The van der Waals surface area contributed by atoms with Gasteiger partial charge in [0.1, 0.15) is 11.5 Å². The standard InChI is InChI=1S/C27H23N5O3/c1-16-6-5-8-19(29-16)26-25(18-10-11-22-23(13-18)35-15-34-22)30-24(31-26)14-28-27(33)21-12-17-7-3-4-9-20(17)32(21)2/h3-13H,14-15H2,1-2H3,(H,28,33)(H,30,31). The zero-order valence-corrected chi connectivity index (χ0v) is 19.3. The summed E-state index contributed by atoms with van der Waals surface area (Å²) in [5, 5.41) is 4.02. The molecule has 1 aliphatic rings. The van der Waals surface area contributed by atoms with Crippen molar-refractivity contribution in [2.24, 2.45) is 7.05 Å². The lowest BCUT2D eigenvalue weighted by Gasteiger charge is -2.05. The van der Waals surface area contributed by atoms with E-state index in [2.05, 4.69) is 15.3 Å². The van der Waals surface area contributed by atoms with Crippen LogP contribution in [0.15, 0.2) is 66.7 Å². The highest BCUT2D eigenvalue weighted by atomic mass is 16.7. The first-order chi connectivity index (χ1) is 17.1. The molecule has 0 saturated carbocycles. The number of benzene rings is 2. The number of ether oxygens (including phenoxy) is 2. The number of H-pyrrole nitrogens is 1. The first kappa shape index (κ1) is 21.0. The number of para-hydroxylation sites is 1. The van der Waals surface area contributed by atoms with Gasteiger partial charge in [0.15, 0.2) is 11.5 Å². The number of pyridine rings is 1. The molecule has 2 aromatic carbocycles. The summed E-state index contributed by atoms with van der Waals surface area (Å²) in [6.07, 6.45) is 0. The van der Waals surface area contributed by atoms with E-state index in [1.165, 1.54) is 0 Å². The Morgan fingerprint density at radius 2 is 1.89 bits per heavy atom. The number of amides is 1. The number of carbonyl (C=O) groups excluding carboxylic acids is 1. The molecule has 0 atom stereocenters. The minimum atomic E-state index is -0.167.